The van der Waals surface area contributed by atoms with E-state index in [1.807, 2.05) is 0 Å². The maximum atomic E-state index is 14.7. The van der Waals surface area contributed by atoms with Crippen molar-refractivity contribution in [1.29, 1.82) is 0 Å². The highest BCUT2D eigenvalue weighted by atomic mass is 35.5. The van der Waals surface area contributed by atoms with Crippen LogP contribution in [0.4, 0.5) is 13.6 Å². The predicted molar refractivity (Wildman–Crippen MR) is 88.7 cm³/mol. The lowest BCUT2D eigenvalue weighted by Crippen LogP contribution is -2.40. The Balaban J connectivity index is 2.15. The number of ether oxygens (including phenoxy) is 1. The summed E-state index contributed by atoms with van der Waals surface area (Å²) in [6, 6.07) is 2.18. The van der Waals surface area contributed by atoms with Gasteiger partial charge in [-0.2, -0.15) is 8.78 Å². The highest BCUT2D eigenvalue weighted by molar-refractivity contribution is 6.32. The van der Waals surface area contributed by atoms with Gasteiger partial charge in [0.1, 0.15) is 15.9 Å². The lowest BCUT2D eigenvalue weighted by Gasteiger charge is -2.31. The summed E-state index contributed by atoms with van der Waals surface area (Å²) in [5.41, 5.74) is -1.03. The minimum Gasteiger partial charge on any atom is -0.444 e. The fourth-order valence-electron chi connectivity index (χ4n) is 2.28. The topological polar surface area (TPSA) is 42.4 Å². The van der Waals surface area contributed by atoms with Crippen molar-refractivity contribution in [3.05, 3.63) is 39.7 Å². The van der Waals surface area contributed by atoms with Crippen LogP contribution < -0.4 is 0 Å². The third kappa shape index (κ3) is 4.57. The normalized spacial score (nSPS) is 16.0. The van der Waals surface area contributed by atoms with Crippen molar-refractivity contribution >= 4 is 29.3 Å². The lowest BCUT2D eigenvalue weighted by atomic mass is 9.96. The van der Waals surface area contributed by atoms with Gasteiger partial charge in [0.25, 0.3) is 5.92 Å². The number of nitrogens with zero attached hydrogens (tertiary/aromatic N) is 2. The molecule has 0 saturated carbocycles. The Kier molecular flexibility index (Phi) is 5.40. The number of aromatic nitrogens is 1. The summed E-state index contributed by atoms with van der Waals surface area (Å²) in [6.45, 7) is 5.47. The molecule has 1 aliphatic heterocycles. The molecule has 0 bridgehead atoms. The van der Waals surface area contributed by atoms with Gasteiger partial charge in [0.2, 0.25) is 0 Å². The van der Waals surface area contributed by atoms with Crippen LogP contribution in [-0.4, -0.2) is 34.7 Å². The number of rotatable bonds is 2. The van der Waals surface area contributed by atoms with Gasteiger partial charge in [0.05, 0.1) is 0 Å². The number of halogens is 4. The number of hydrogen-bond donors (Lipinski definition) is 0. The molecule has 0 aliphatic carbocycles. The van der Waals surface area contributed by atoms with E-state index in [1.54, 1.807) is 20.8 Å². The molecule has 0 atom stereocenters. The summed E-state index contributed by atoms with van der Waals surface area (Å²) in [5.74, 6) is -3.23. The van der Waals surface area contributed by atoms with Gasteiger partial charge in [-0.05, 0) is 39.3 Å². The Morgan fingerprint density at radius 3 is 2.29 bits per heavy atom. The summed E-state index contributed by atoms with van der Waals surface area (Å²) >= 11 is 11.4. The molecule has 0 aromatic carbocycles. The molecule has 24 heavy (non-hydrogen) atoms. The molecule has 0 radical (unpaired) electrons. The fourth-order valence-corrected chi connectivity index (χ4v) is 2.74. The molecule has 0 saturated heterocycles. The highest BCUT2D eigenvalue weighted by Gasteiger charge is 2.39. The molecule has 0 unspecified atom stereocenters. The zero-order valence-electron chi connectivity index (χ0n) is 13.6. The van der Waals surface area contributed by atoms with Gasteiger partial charge < -0.3 is 9.64 Å². The van der Waals surface area contributed by atoms with Gasteiger partial charge in [-0.15, -0.1) is 0 Å². The number of alkyl halides is 2. The van der Waals surface area contributed by atoms with E-state index in [4.69, 9.17) is 27.9 Å². The van der Waals surface area contributed by atoms with Crippen LogP contribution >= 0.6 is 23.2 Å². The van der Waals surface area contributed by atoms with Crippen LogP contribution in [0.5, 0.6) is 0 Å². The van der Waals surface area contributed by atoms with Crippen molar-refractivity contribution in [2.45, 2.75) is 38.7 Å². The van der Waals surface area contributed by atoms with Gasteiger partial charge >= 0.3 is 6.09 Å². The first-order valence-electron chi connectivity index (χ1n) is 7.38. The third-order valence-electron chi connectivity index (χ3n) is 3.39. The first-order valence-corrected chi connectivity index (χ1v) is 8.13. The van der Waals surface area contributed by atoms with E-state index in [1.165, 1.54) is 11.0 Å². The Morgan fingerprint density at radius 2 is 1.83 bits per heavy atom. The second-order valence-electron chi connectivity index (χ2n) is 6.48. The molecule has 1 aromatic rings. The van der Waals surface area contributed by atoms with E-state index < -0.39 is 17.6 Å². The van der Waals surface area contributed by atoms with Crippen LogP contribution in [0.1, 0.15) is 32.8 Å². The van der Waals surface area contributed by atoms with Gasteiger partial charge in [-0.25, -0.2) is 9.78 Å². The summed E-state index contributed by atoms with van der Waals surface area (Å²) in [7, 11) is 0. The second-order valence-corrected chi connectivity index (χ2v) is 7.26. The zero-order valence-corrected chi connectivity index (χ0v) is 15.1. The van der Waals surface area contributed by atoms with Crippen molar-refractivity contribution in [2.24, 2.45) is 0 Å². The number of amides is 1. The quantitative estimate of drug-likeness (QED) is 0.534. The fraction of sp³-hybridized carbons (Fsp3) is 0.500. The molecule has 2 heterocycles. The molecule has 8 heteroatoms. The van der Waals surface area contributed by atoms with Crippen LogP contribution in [-0.2, 0) is 10.7 Å². The molecule has 2 rings (SSSR count). The average Bonchev–Trinajstić information content (AvgIpc) is 2.44. The van der Waals surface area contributed by atoms with Gasteiger partial charge in [0.15, 0.2) is 0 Å². The second kappa shape index (κ2) is 6.84. The Labute approximate surface area is 149 Å². The van der Waals surface area contributed by atoms with Crippen molar-refractivity contribution in [3.63, 3.8) is 0 Å². The number of carbonyl (C=O) groups is 1. The number of hydrogen-bond acceptors (Lipinski definition) is 3. The van der Waals surface area contributed by atoms with Crippen LogP contribution in [0.2, 0.25) is 10.3 Å². The molecular weight excluding hydrogens is 361 g/mol. The molecule has 1 amide bonds. The van der Waals surface area contributed by atoms with Crippen LogP contribution in [0, 0.1) is 0 Å². The molecule has 1 aliphatic rings. The summed E-state index contributed by atoms with van der Waals surface area (Å²) < 4.78 is 34.5. The molecular formula is C16H18Cl2F2N2O2. The van der Waals surface area contributed by atoms with Crippen LogP contribution in [0.3, 0.4) is 0 Å². The molecule has 0 N–H and O–H groups in total. The molecule has 0 spiro atoms. The van der Waals surface area contributed by atoms with Gasteiger partial charge in [-0.1, -0.05) is 29.3 Å². The van der Waals surface area contributed by atoms with Gasteiger partial charge in [0, 0.05) is 24.2 Å². The van der Waals surface area contributed by atoms with Gasteiger partial charge in [-0.3, -0.25) is 0 Å². The maximum absolute atomic E-state index is 14.7. The molecule has 1 aromatic heterocycles. The summed E-state index contributed by atoms with van der Waals surface area (Å²) in [5, 5.41) is -0.187. The van der Waals surface area contributed by atoms with Crippen molar-refractivity contribution < 1.29 is 18.3 Å². The monoisotopic (exact) mass is 378 g/mol. The third-order valence-corrected chi connectivity index (χ3v) is 3.78. The van der Waals surface area contributed by atoms with Crippen molar-refractivity contribution in [1.82, 2.24) is 9.88 Å². The van der Waals surface area contributed by atoms with Crippen LogP contribution in [0.25, 0.3) is 0 Å². The lowest BCUT2D eigenvalue weighted by molar-refractivity contribution is 0.0156. The van der Waals surface area contributed by atoms with E-state index in [2.05, 4.69) is 4.98 Å². The zero-order chi connectivity index (χ0) is 18.1. The molecule has 4 nitrogen and oxygen atoms in total. The predicted octanol–water partition coefficient (Wildman–Crippen LogP) is 5.05. The summed E-state index contributed by atoms with van der Waals surface area (Å²) in [6.07, 6.45) is 0.857. The van der Waals surface area contributed by atoms with Crippen molar-refractivity contribution in [3.8, 4) is 0 Å². The number of pyridine rings is 1. The van der Waals surface area contributed by atoms with E-state index in [-0.39, 0.29) is 41.0 Å². The van der Waals surface area contributed by atoms with E-state index in [0.29, 0.717) is 0 Å². The Bertz CT molecular complexity index is 652. The minimum absolute atomic E-state index is 0.0316. The SMILES string of the molecule is CC(C)(C)OC(=O)N1CC=C(C(F)(F)c2cc(Cl)nc(Cl)c2)CC1. The van der Waals surface area contributed by atoms with E-state index in [0.717, 1.165) is 12.1 Å². The first kappa shape index (κ1) is 18.9. The van der Waals surface area contributed by atoms with Crippen LogP contribution in [0.15, 0.2) is 23.8 Å². The number of carbonyl (C=O) groups excluding carboxylic acids is 1. The minimum atomic E-state index is -3.23. The van der Waals surface area contributed by atoms with E-state index in [9.17, 15) is 13.6 Å². The maximum Gasteiger partial charge on any atom is 0.410 e. The average molecular weight is 379 g/mol. The highest BCUT2D eigenvalue weighted by Crippen LogP contribution is 2.40. The standard InChI is InChI=1S/C16H18Cl2F2N2O2/c1-15(2,3)24-14(23)22-6-4-10(5-7-22)16(19,20)11-8-12(17)21-13(18)9-11/h4,8-9H,5-7H2,1-3H3. The Hall–Kier alpha value is -1.40. The summed E-state index contributed by atoms with van der Waals surface area (Å²) in [4.78, 5) is 17.0. The molecule has 0 fully saturated rings. The Morgan fingerprint density at radius 1 is 1.25 bits per heavy atom. The smallest absolute Gasteiger partial charge is 0.410 e. The van der Waals surface area contributed by atoms with Crippen molar-refractivity contribution in [2.75, 3.05) is 13.1 Å². The largest absolute Gasteiger partial charge is 0.444 e. The molecule has 132 valence electrons. The van der Waals surface area contributed by atoms with E-state index >= 15 is 0 Å². The first-order chi connectivity index (χ1) is 11.0.